The van der Waals surface area contributed by atoms with E-state index in [1.807, 2.05) is 35.7 Å². The summed E-state index contributed by atoms with van der Waals surface area (Å²) in [6.07, 6.45) is 25.1. The largest absolute Gasteiger partial charge is 0.657 e. The van der Waals surface area contributed by atoms with Crippen LogP contribution in [0.4, 0.5) is 0 Å². The Labute approximate surface area is 291 Å². The number of allylic oxidation sites excluding steroid dienone is 11. The molecule has 5 aliphatic rings. The van der Waals surface area contributed by atoms with E-state index < -0.39 is 0 Å². The molecule has 2 aromatic carbocycles. The van der Waals surface area contributed by atoms with Crippen LogP contribution in [0.15, 0.2) is 202 Å². The van der Waals surface area contributed by atoms with E-state index in [4.69, 9.17) is 20.0 Å². The van der Waals surface area contributed by atoms with Crippen LogP contribution in [0.25, 0.3) is 16.7 Å². The van der Waals surface area contributed by atoms with Crippen molar-refractivity contribution in [2.75, 3.05) is 7.05 Å². The van der Waals surface area contributed by atoms with E-state index in [1.165, 1.54) is 0 Å². The molecule has 6 nitrogen and oxygen atoms in total. The molecule has 5 aliphatic heterocycles. The van der Waals surface area contributed by atoms with Gasteiger partial charge in [0.1, 0.15) is 7.05 Å². The first kappa shape index (κ1) is 29.5. The SMILES string of the molecule is CN1C=CC(=C2C3=NC(=C(c4ccccc4)C4=NC(=C(c5cc[n+](C)cc5)c5ccc([n-]5)C(c5ccccc5)=C5C=CC2=N5)C=C4)C=C3)C=C1. The van der Waals surface area contributed by atoms with E-state index in [1.54, 1.807) is 0 Å². The first-order valence-electron chi connectivity index (χ1n) is 16.7. The summed E-state index contributed by atoms with van der Waals surface area (Å²) in [5, 5.41) is 0. The number of hydrogen-bond acceptors (Lipinski definition) is 4. The molecule has 0 amide bonds. The third kappa shape index (κ3) is 5.24. The molecule has 0 saturated heterocycles. The zero-order valence-corrected chi connectivity index (χ0v) is 27.7. The highest BCUT2D eigenvalue weighted by Gasteiger charge is 2.25. The number of aryl methyl sites for hydroxylation is 1. The highest BCUT2D eigenvalue weighted by atomic mass is 15.0. The van der Waals surface area contributed by atoms with Gasteiger partial charge < -0.3 is 9.88 Å². The monoisotopic (exact) mass is 644 g/mol. The van der Waals surface area contributed by atoms with Crippen molar-refractivity contribution in [3.05, 3.63) is 215 Å². The zero-order valence-electron chi connectivity index (χ0n) is 27.7. The molecule has 4 aromatic rings. The zero-order chi connectivity index (χ0) is 33.6. The molecular formula is C44H32N6. The quantitative estimate of drug-likeness (QED) is 0.215. The van der Waals surface area contributed by atoms with Crippen molar-refractivity contribution in [2.45, 2.75) is 0 Å². The number of fused-ring (bicyclic) bond motifs is 5. The fraction of sp³-hybridized carbons (Fsp3) is 0.0455. The van der Waals surface area contributed by atoms with Crippen LogP contribution in [-0.2, 0) is 7.05 Å². The van der Waals surface area contributed by atoms with Crippen LogP contribution in [-0.4, -0.2) is 29.1 Å². The lowest BCUT2D eigenvalue weighted by Crippen LogP contribution is -2.25. The van der Waals surface area contributed by atoms with Gasteiger partial charge in [-0.2, -0.15) is 0 Å². The highest BCUT2D eigenvalue weighted by Crippen LogP contribution is 2.37. The molecule has 0 N–H and O–H groups in total. The van der Waals surface area contributed by atoms with Crippen molar-refractivity contribution in [1.29, 1.82) is 0 Å². The number of hydrogen-bond donors (Lipinski definition) is 0. The minimum atomic E-state index is 0.852. The van der Waals surface area contributed by atoms with Crippen molar-refractivity contribution in [1.82, 2.24) is 9.88 Å². The Morgan fingerprint density at radius 3 is 1.44 bits per heavy atom. The van der Waals surface area contributed by atoms with Crippen LogP contribution >= 0.6 is 0 Å². The molecule has 0 fully saturated rings. The summed E-state index contributed by atoms with van der Waals surface area (Å²) in [5.74, 6) is 0. The van der Waals surface area contributed by atoms with Gasteiger partial charge in [-0.05, 0) is 82.0 Å². The lowest BCUT2D eigenvalue weighted by Gasteiger charge is -2.19. The van der Waals surface area contributed by atoms with Gasteiger partial charge in [0.25, 0.3) is 0 Å². The van der Waals surface area contributed by atoms with E-state index in [9.17, 15) is 0 Å². The molecular weight excluding hydrogens is 613 g/mol. The molecule has 6 heteroatoms. The molecule has 8 bridgehead atoms. The molecule has 50 heavy (non-hydrogen) atoms. The predicted molar refractivity (Wildman–Crippen MR) is 202 cm³/mol. The minimum absolute atomic E-state index is 0.852. The van der Waals surface area contributed by atoms with Crippen LogP contribution in [0.2, 0.25) is 0 Å². The van der Waals surface area contributed by atoms with Crippen molar-refractivity contribution >= 4 is 33.9 Å². The predicted octanol–water partition coefficient (Wildman–Crippen LogP) is 7.71. The Kier molecular flexibility index (Phi) is 7.13. The van der Waals surface area contributed by atoms with Crippen LogP contribution in [0.3, 0.4) is 0 Å². The van der Waals surface area contributed by atoms with E-state index >= 15 is 0 Å². The lowest BCUT2D eigenvalue weighted by molar-refractivity contribution is -0.671. The molecule has 2 aromatic heterocycles. The fourth-order valence-corrected chi connectivity index (χ4v) is 6.82. The second-order valence-corrected chi connectivity index (χ2v) is 12.6. The smallest absolute Gasteiger partial charge is 0.169 e. The molecule has 7 heterocycles. The van der Waals surface area contributed by atoms with E-state index in [0.717, 1.165) is 90.2 Å². The van der Waals surface area contributed by atoms with Crippen LogP contribution in [0.1, 0.15) is 28.1 Å². The summed E-state index contributed by atoms with van der Waals surface area (Å²) >= 11 is 0. The number of aromatic nitrogens is 2. The maximum atomic E-state index is 5.33. The normalized spacial score (nSPS) is 17.8. The topological polar surface area (TPSA) is 58.3 Å². The van der Waals surface area contributed by atoms with Gasteiger partial charge in [-0.3, -0.25) is 0 Å². The van der Waals surface area contributed by atoms with Gasteiger partial charge in [0.05, 0.1) is 34.2 Å². The third-order valence-corrected chi connectivity index (χ3v) is 9.27. The van der Waals surface area contributed by atoms with Gasteiger partial charge in [-0.1, -0.05) is 72.8 Å². The van der Waals surface area contributed by atoms with Crippen molar-refractivity contribution in [3.8, 4) is 0 Å². The first-order valence-corrected chi connectivity index (χ1v) is 16.7. The number of benzene rings is 2. The molecule has 0 atom stereocenters. The van der Waals surface area contributed by atoms with Crippen molar-refractivity contribution in [2.24, 2.45) is 22.0 Å². The molecule has 0 saturated carbocycles. The van der Waals surface area contributed by atoms with E-state index in [-0.39, 0.29) is 0 Å². The standard InChI is InChI=1S/C44H32N6/c1-49-25-21-31(22-26-49)43-37-17-13-33(45-37)41(29-9-5-3-6-10-29)35-15-19-39(47-35)44(32-23-27-50(2)28-24-32)40-20-16-36(48-40)42(30-11-7-4-8-12-30)34-14-18-38(43)46-34/h3-28H,1-2H3. The molecule has 0 radical (unpaired) electrons. The maximum Gasteiger partial charge on any atom is 0.169 e. The van der Waals surface area contributed by atoms with Crippen molar-refractivity contribution in [3.63, 3.8) is 0 Å². The Hall–Kier alpha value is -6.66. The van der Waals surface area contributed by atoms with Gasteiger partial charge in [0, 0.05) is 42.7 Å². The van der Waals surface area contributed by atoms with Gasteiger partial charge in [0.15, 0.2) is 12.4 Å². The Morgan fingerprint density at radius 2 is 0.920 bits per heavy atom. The summed E-state index contributed by atoms with van der Waals surface area (Å²) < 4.78 is 2.04. The molecule has 0 unspecified atom stereocenters. The summed E-state index contributed by atoms with van der Waals surface area (Å²) in [6.45, 7) is 0. The molecule has 0 spiro atoms. The fourth-order valence-electron chi connectivity index (χ4n) is 6.82. The second kappa shape index (κ2) is 12.1. The van der Waals surface area contributed by atoms with Crippen LogP contribution in [0, 0.1) is 0 Å². The lowest BCUT2D eigenvalue weighted by atomic mass is 9.97. The number of nitrogens with zero attached hydrogens (tertiary/aromatic N) is 6. The summed E-state index contributed by atoms with van der Waals surface area (Å²) in [5.41, 5.74) is 14.9. The number of aliphatic imine (C=N–C) groups is 3. The average molecular weight is 645 g/mol. The Bertz CT molecular complexity index is 2430. The Balaban J connectivity index is 1.37. The minimum Gasteiger partial charge on any atom is -0.657 e. The van der Waals surface area contributed by atoms with Gasteiger partial charge in [0.2, 0.25) is 0 Å². The third-order valence-electron chi connectivity index (χ3n) is 9.27. The molecule has 9 rings (SSSR count). The number of rotatable bonds is 3. The van der Waals surface area contributed by atoms with E-state index in [2.05, 4.69) is 146 Å². The molecule has 0 aliphatic carbocycles. The van der Waals surface area contributed by atoms with Crippen LogP contribution in [0.5, 0.6) is 0 Å². The number of pyridine rings is 1. The van der Waals surface area contributed by atoms with Crippen LogP contribution < -0.4 is 9.55 Å². The van der Waals surface area contributed by atoms with Gasteiger partial charge in [-0.15, -0.1) is 11.4 Å². The summed E-state index contributed by atoms with van der Waals surface area (Å²) in [4.78, 5) is 23.4. The average Bonchev–Trinajstić information content (AvgIpc) is 3.98. The first-order chi connectivity index (χ1) is 24.6. The molecule has 238 valence electrons. The highest BCUT2D eigenvalue weighted by molar-refractivity contribution is 6.36. The summed E-state index contributed by atoms with van der Waals surface area (Å²) in [6, 6.07) is 29.2. The maximum absolute atomic E-state index is 5.33. The van der Waals surface area contributed by atoms with Crippen molar-refractivity contribution < 1.29 is 4.57 Å². The van der Waals surface area contributed by atoms with E-state index in [0.29, 0.717) is 0 Å². The van der Waals surface area contributed by atoms with Gasteiger partial charge >= 0.3 is 0 Å². The summed E-state index contributed by atoms with van der Waals surface area (Å²) in [7, 11) is 4.05. The van der Waals surface area contributed by atoms with Gasteiger partial charge in [-0.25, -0.2) is 19.5 Å². The second-order valence-electron chi connectivity index (χ2n) is 12.6. The Morgan fingerprint density at radius 1 is 0.480 bits per heavy atom.